The van der Waals surface area contributed by atoms with Crippen LogP contribution in [0.4, 0.5) is 4.39 Å². The molecular formula is C15H24FNO. The van der Waals surface area contributed by atoms with E-state index in [0.29, 0.717) is 17.9 Å². The topological polar surface area (TPSA) is 35.2 Å². The number of ether oxygens (including phenoxy) is 1. The maximum atomic E-state index is 13.6. The fourth-order valence-electron chi connectivity index (χ4n) is 1.97. The molecule has 1 unspecified atom stereocenters. The van der Waals surface area contributed by atoms with Crippen LogP contribution >= 0.6 is 0 Å². The second-order valence-corrected chi connectivity index (χ2v) is 4.70. The molecule has 0 bridgehead atoms. The summed E-state index contributed by atoms with van der Waals surface area (Å²) in [7, 11) is 0. The molecule has 2 nitrogen and oxygen atoms in total. The molecule has 18 heavy (non-hydrogen) atoms. The third-order valence-electron chi connectivity index (χ3n) is 2.97. The SMILES string of the molecule is CCCCCCCOc1cccc(F)c1C(C)N. The molecule has 0 heterocycles. The molecule has 0 radical (unpaired) electrons. The van der Waals surface area contributed by atoms with Crippen molar-refractivity contribution >= 4 is 0 Å². The monoisotopic (exact) mass is 253 g/mol. The Morgan fingerprint density at radius 2 is 1.94 bits per heavy atom. The number of benzene rings is 1. The van der Waals surface area contributed by atoms with Crippen molar-refractivity contribution in [2.75, 3.05) is 6.61 Å². The van der Waals surface area contributed by atoms with Crippen LogP contribution in [0.1, 0.15) is 57.6 Å². The summed E-state index contributed by atoms with van der Waals surface area (Å²) in [5.74, 6) is 0.300. The van der Waals surface area contributed by atoms with E-state index >= 15 is 0 Å². The first-order valence-corrected chi connectivity index (χ1v) is 6.83. The van der Waals surface area contributed by atoms with Crippen molar-refractivity contribution in [2.45, 2.75) is 52.0 Å². The van der Waals surface area contributed by atoms with Gasteiger partial charge in [-0.05, 0) is 25.5 Å². The molecule has 1 rings (SSSR count). The van der Waals surface area contributed by atoms with Gasteiger partial charge in [-0.25, -0.2) is 4.39 Å². The van der Waals surface area contributed by atoms with Crippen molar-refractivity contribution in [1.29, 1.82) is 0 Å². The Bertz CT molecular complexity index is 352. The first-order chi connectivity index (χ1) is 8.66. The zero-order valence-electron chi connectivity index (χ0n) is 11.4. The minimum Gasteiger partial charge on any atom is -0.493 e. The molecule has 0 saturated carbocycles. The van der Waals surface area contributed by atoms with E-state index in [2.05, 4.69) is 6.92 Å². The Hall–Kier alpha value is -1.09. The average Bonchev–Trinajstić information content (AvgIpc) is 2.33. The highest BCUT2D eigenvalue weighted by Crippen LogP contribution is 2.26. The Morgan fingerprint density at radius 1 is 1.22 bits per heavy atom. The van der Waals surface area contributed by atoms with Gasteiger partial charge >= 0.3 is 0 Å². The van der Waals surface area contributed by atoms with Crippen molar-refractivity contribution in [1.82, 2.24) is 0 Å². The molecule has 0 fully saturated rings. The molecule has 1 aromatic rings. The first-order valence-electron chi connectivity index (χ1n) is 6.83. The van der Waals surface area contributed by atoms with E-state index in [-0.39, 0.29) is 11.9 Å². The van der Waals surface area contributed by atoms with Gasteiger partial charge in [0.25, 0.3) is 0 Å². The number of hydrogen-bond acceptors (Lipinski definition) is 2. The lowest BCUT2D eigenvalue weighted by Crippen LogP contribution is -2.11. The van der Waals surface area contributed by atoms with Gasteiger partial charge in [0.05, 0.1) is 6.61 Å². The lowest BCUT2D eigenvalue weighted by molar-refractivity contribution is 0.298. The number of nitrogens with two attached hydrogens (primary N) is 1. The van der Waals surface area contributed by atoms with E-state index in [1.807, 2.05) is 0 Å². The van der Waals surface area contributed by atoms with E-state index in [9.17, 15) is 4.39 Å². The first kappa shape index (κ1) is 15.0. The quantitative estimate of drug-likeness (QED) is 0.705. The van der Waals surface area contributed by atoms with Gasteiger partial charge in [-0.3, -0.25) is 0 Å². The molecule has 3 heteroatoms. The summed E-state index contributed by atoms with van der Waals surface area (Å²) in [6.45, 7) is 4.59. The van der Waals surface area contributed by atoms with Crippen molar-refractivity contribution in [3.8, 4) is 5.75 Å². The maximum Gasteiger partial charge on any atom is 0.131 e. The highest BCUT2D eigenvalue weighted by molar-refractivity contribution is 5.36. The van der Waals surface area contributed by atoms with Gasteiger partial charge in [0.1, 0.15) is 11.6 Å². The Morgan fingerprint density at radius 3 is 2.61 bits per heavy atom. The minimum absolute atomic E-state index is 0.284. The fourth-order valence-corrected chi connectivity index (χ4v) is 1.97. The van der Waals surface area contributed by atoms with Crippen LogP contribution in [0, 0.1) is 5.82 Å². The molecule has 0 aliphatic heterocycles. The molecule has 0 aliphatic carbocycles. The van der Waals surface area contributed by atoms with Crippen LogP contribution in [0.3, 0.4) is 0 Å². The molecular weight excluding hydrogens is 229 g/mol. The Kier molecular flexibility index (Phi) is 6.73. The summed E-state index contributed by atoms with van der Waals surface area (Å²) in [5.41, 5.74) is 6.24. The molecule has 102 valence electrons. The number of halogens is 1. The summed E-state index contributed by atoms with van der Waals surface area (Å²) >= 11 is 0. The summed E-state index contributed by atoms with van der Waals surface area (Å²) < 4.78 is 19.3. The van der Waals surface area contributed by atoms with E-state index < -0.39 is 0 Å². The van der Waals surface area contributed by atoms with Gasteiger partial charge < -0.3 is 10.5 Å². The van der Waals surface area contributed by atoms with Crippen molar-refractivity contribution in [3.63, 3.8) is 0 Å². The van der Waals surface area contributed by atoms with Crippen molar-refractivity contribution in [3.05, 3.63) is 29.6 Å². The number of hydrogen-bond donors (Lipinski definition) is 1. The molecule has 1 aromatic carbocycles. The minimum atomic E-state index is -0.346. The molecule has 2 N–H and O–H groups in total. The molecule has 0 spiro atoms. The zero-order chi connectivity index (χ0) is 13.4. The molecule has 0 amide bonds. The zero-order valence-corrected chi connectivity index (χ0v) is 11.4. The highest BCUT2D eigenvalue weighted by Gasteiger charge is 2.13. The summed E-state index contributed by atoms with van der Waals surface area (Å²) in [6.07, 6.45) is 5.92. The van der Waals surface area contributed by atoms with Crippen LogP contribution < -0.4 is 10.5 Å². The summed E-state index contributed by atoms with van der Waals surface area (Å²) in [5, 5.41) is 0. The van der Waals surface area contributed by atoms with Gasteiger partial charge in [0.2, 0.25) is 0 Å². The van der Waals surface area contributed by atoms with Crippen LogP contribution in [0.2, 0.25) is 0 Å². The van der Waals surface area contributed by atoms with Gasteiger partial charge in [-0.1, -0.05) is 38.7 Å². The summed E-state index contributed by atoms with van der Waals surface area (Å²) in [6, 6.07) is 4.52. The predicted octanol–water partition coefficient (Wildman–Crippen LogP) is 4.19. The third-order valence-corrected chi connectivity index (χ3v) is 2.97. The van der Waals surface area contributed by atoms with Crippen molar-refractivity contribution < 1.29 is 9.13 Å². The van der Waals surface area contributed by atoms with Gasteiger partial charge in [-0.2, -0.15) is 0 Å². The standard InChI is InChI=1S/C15H24FNO/c1-3-4-5-6-7-11-18-14-10-8-9-13(16)15(14)12(2)17/h8-10,12H,3-7,11,17H2,1-2H3. The van der Waals surface area contributed by atoms with E-state index in [1.54, 1.807) is 19.1 Å². The Labute approximate surface area is 109 Å². The smallest absolute Gasteiger partial charge is 0.131 e. The van der Waals surface area contributed by atoms with E-state index in [0.717, 1.165) is 12.8 Å². The van der Waals surface area contributed by atoms with Crippen LogP contribution in [-0.4, -0.2) is 6.61 Å². The average molecular weight is 253 g/mol. The van der Waals surface area contributed by atoms with E-state index in [1.165, 1.54) is 25.3 Å². The van der Waals surface area contributed by atoms with Crippen LogP contribution in [0.15, 0.2) is 18.2 Å². The Balaban J connectivity index is 2.44. The normalized spacial score (nSPS) is 12.4. The van der Waals surface area contributed by atoms with Crippen LogP contribution in [0.25, 0.3) is 0 Å². The maximum absolute atomic E-state index is 13.6. The molecule has 0 aromatic heterocycles. The number of unbranched alkanes of at least 4 members (excludes halogenated alkanes) is 4. The highest BCUT2D eigenvalue weighted by atomic mass is 19.1. The van der Waals surface area contributed by atoms with Gasteiger partial charge in [-0.15, -0.1) is 0 Å². The second kappa shape index (κ2) is 8.09. The van der Waals surface area contributed by atoms with Crippen LogP contribution in [0.5, 0.6) is 5.75 Å². The van der Waals surface area contributed by atoms with E-state index in [4.69, 9.17) is 10.5 Å². The molecule has 0 aliphatic rings. The largest absolute Gasteiger partial charge is 0.493 e. The third kappa shape index (κ3) is 4.65. The summed E-state index contributed by atoms with van der Waals surface area (Å²) in [4.78, 5) is 0. The number of rotatable bonds is 8. The second-order valence-electron chi connectivity index (χ2n) is 4.70. The van der Waals surface area contributed by atoms with Crippen molar-refractivity contribution in [2.24, 2.45) is 5.73 Å². The van der Waals surface area contributed by atoms with Crippen LogP contribution in [-0.2, 0) is 0 Å². The lowest BCUT2D eigenvalue weighted by Gasteiger charge is -2.14. The fraction of sp³-hybridized carbons (Fsp3) is 0.600. The van der Waals surface area contributed by atoms with Gasteiger partial charge in [0, 0.05) is 11.6 Å². The lowest BCUT2D eigenvalue weighted by atomic mass is 10.1. The molecule has 0 saturated heterocycles. The predicted molar refractivity (Wildman–Crippen MR) is 73.3 cm³/mol. The van der Waals surface area contributed by atoms with Gasteiger partial charge in [0.15, 0.2) is 0 Å². The molecule has 1 atom stereocenters.